The van der Waals surface area contributed by atoms with Crippen molar-refractivity contribution in [3.8, 4) is 39.1 Å². The lowest BCUT2D eigenvalue weighted by atomic mass is 9.95. The van der Waals surface area contributed by atoms with Gasteiger partial charge in [-0.25, -0.2) is 0 Å². The van der Waals surface area contributed by atoms with Gasteiger partial charge in [-0.1, -0.05) is 133 Å². The first-order valence-corrected chi connectivity index (χ1v) is 17.9. The van der Waals surface area contributed by atoms with Crippen LogP contribution in [0.1, 0.15) is 11.1 Å². The van der Waals surface area contributed by atoms with Gasteiger partial charge in [-0.15, -0.1) is 0 Å². The Morgan fingerprint density at radius 3 is 1.31 bits per heavy atom. The number of rotatable bonds is 7. The Bertz CT molecular complexity index is 2570. The number of hydrogen-bond acceptors (Lipinski definition) is 1. The summed E-state index contributed by atoms with van der Waals surface area (Å²) in [7, 11) is 0. The smallest absolute Gasteiger partial charge is 0.0541 e. The van der Waals surface area contributed by atoms with E-state index in [0.717, 1.165) is 17.1 Å². The molecule has 2 heteroatoms. The molecular formula is C50H38N2. The molecule has 1 heterocycles. The molecule has 0 radical (unpaired) electrons. The lowest BCUT2D eigenvalue weighted by Gasteiger charge is -2.27. The summed E-state index contributed by atoms with van der Waals surface area (Å²) < 4.78 is 2.39. The maximum atomic E-state index is 2.39. The Balaban J connectivity index is 1.13. The maximum absolute atomic E-state index is 2.39. The molecule has 9 rings (SSSR count). The van der Waals surface area contributed by atoms with Crippen LogP contribution in [0.5, 0.6) is 0 Å². The minimum absolute atomic E-state index is 1.12. The molecule has 1 aromatic heterocycles. The summed E-state index contributed by atoms with van der Waals surface area (Å²) >= 11 is 0. The summed E-state index contributed by atoms with van der Waals surface area (Å²) in [6, 6.07) is 70.1. The summed E-state index contributed by atoms with van der Waals surface area (Å²) in [5.74, 6) is 0. The van der Waals surface area contributed by atoms with E-state index >= 15 is 0 Å². The van der Waals surface area contributed by atoms with Crippen LogP contribution in [0, 0.1) is 13.8 Å². The highest BCUT2D eigenvalue weighted by atomic mass is 15.1. The second kappa shape index (κ2) is 13.2. The summed E-state index contributed by atoms with van der Waals surface area (Å²) in [6.07, 6.45) is 0. The first-order valence-electron chi connectivity index (χ1n) is 17.9. The van der Waals surface area contributed by atoms with E-state index in [1.54, 1.807) is 0 Å². The fraction of sp³-hybridized carbons (Fsp3) is 0.0400. The number of hydrogen-bond donors (Lipinski definition) is 0. The van der Waals surface area contributed by atoms with Crippen LogP contribution in [0.15, 0.2) is 194 Å². The van der Waals surface area contributed by atoms with E-state index in [-0.39, 0.29) is 0 Å². The monoisotopic (exact) mass is 666 g/mol. The molecule has 0 saturated heterocycles. The summed E-state index contributed by atoms with van der Waals surface area (Å²) in [5, 5.41) is 2.55. The molecule has 0 aliphatic heterocycles. The molecule has 0 saturated carbocycles. The van der Waals surface area contributed by atoms with Gasteiger partial charge in [0.25, 0.3) is 0 Å². The van der Waals surface area contributed by atoms with Crippen molar-refractivity contribution in [2.24, 2.45) is 0 Å². The van der Waals surface area contributed by atoms with Gasteiger partial charge in [0, 0.05) is 33.5 Å². The number of aromatic nitrogens is 1. The molecule has 0 bridgehead atoms. The molecule has 0 N–H and O–H groups in total. The van der Waals surface area contributed by atoms with Crippen LogP contribution in [0.25, 0.3) is 60.9 Å². The molecule has 0 amide bonds. The predicted molar refractivity (Wildman–Crippen MR) is 221 cm³/mol. The van der Waals surface area contributed by atoms with Crippen molar-refractivity contribution in [3.63, 3.8) is 0 Å². The van der Waals surface area contributed by atoms with Crippen molar-refractivity contribution < 1.29 is 0 Å². The van der Waals surface area contributed by atoms with E-state index in [1.165, 1.54) is 72.0 Å². The SMILES string of the molecule is Cc1cc(N(c2cccc(-c3ccccc3)c2)c2cccc(-c3ccccc3)c2)ccc1-c1ccc(-n2c3ccccc3c3ccccc32)cc1C. The number of benzene rings is 8. The maximum Gasteiger partial charge on any atom is 0.0541 e. The van der Waals surface area contributed by atoms with Gasteiger partial charge in [-0.3, -0.25) is 0 Å². The number of anilines is 3. The van der Waals surface area contributed by atoms with Crippen LogP contribution < -0.4 is 4.90 Å². The van der Waals surface area contributed by atoms with Gasteiger partial charge in [0.2, 0.25) is 0 Å². The van der Waals surface area contributed by atoms with E-state index in [4.69, 9.17) is 0 Å². The van der Waals surface area contributed by atoms with Crippen molar-refractivity contribution in [3.05, 3.63) is 205 Å². The molecule has 9 aromatic rings. The van der Waals surface area contributed by atoms with Gasteiger partial charge < -0.3 is 9.47 Å². The van der Waals surface area contributed by atoms with Gasteiger partial charge in [-0.2, -0.15) is 0 Å². The molecule has 0 unspecified atom stereocenters. The minimum atomic E-state index is 1.12. The Morgan fingerprint density at radius 1 is 0.346 bits per heavy atom. The third-order valence-electron chi connectivity index (χ3n) is 10.2. The van der Waals surface area contributed by atoms with Crippen LogP contribution in [0.3, 0.4) is 0 Å². The summed E-state index contributed by atoms with van der Waals surface area (Å²) in [4.78, 5) is 2.38. The highest BCUT2D eigenvalue weighted by Crippen LogP contribution is 2.41. The Labute approximate surface area is 305 Å². The lowest BCUT2D eigenvalue weighted by molar-refractivity contribution is 1.17. The minimum Gasteiger partial charge on any atom is -0.310 e. The largest absolute Gasteiger partial charge is 0.310 e. The first-order chi connectivity index (χ1) is 25.6. The van der Waals surface area contributed by atoms with Crippen molar-refractivity contribution in [1.29, 1.82) is 0 Å². The van der Waals surface area contributed by atoms with E-state index in [0.29, 0.717) is 0 Å². The molecular weight excluding hydrogens is 629 g/mol. The van der Waals surface area contributed by atoms with Crippen molar-refractivity contribution in [2.45, 2.75) is 13.8 Å². The lowest BCUT2D eigenvalue weighted by Crippen LogP contribution is -2.10. The van der Waals surface area contributed by atoms with Crippen LogP contribution in [0.2, 0.25) is 0 Å². The third kappa shape index (κ3) is 5.65. The Kier molecular flexibility index (Phi) is 7.98. The zero-order chi connectivity index (χ0) is 35.0. The Morgan fingerprint density at radius 2 is 0.788 bits per heavy atom. The van der Waals surface area contributed by atoms with Gasteiger partial charge in [0.1, 0.15) is 0 Å². The van der Waals surface area contributed by atoms with E-state index in [1.807, 2.05) is 0 Å². The van der Waals surface area contributed by atoms with Crippen LogP contribution in [-0.4, -0.2) is 4.57 Å². The molecule has 248 valence electrons. The molecule has 52 heavy (non-hydrogen) atoms. The van der Waals surface area contributed by atoms with Crippen LogP contribution in [-0.2, 0) is 0 Å². The highest BCUT2D eigenvalue weighted by molar-refractivity contribution is 6.09. The average molecular weight is 667 g/mol. The third-order valence-corrected chi connectivity index (χ3v) is 10.2. The fourth-order valence-corrected chi connectivity index (χ4v) is 7.74. The quantitative estimate of drug-likeness (QED) is 0.164. The predicted octanol–water partition coefficient (Wildman–Crippen LogP) is 13.9. The van der Waals surface area contributed by atoms with Crippen molar-refractivity contribution in [2.75, 3.05) is 4.90 Å². The van der Waals surface area contributed by atoms with Crippen molar-refractivity contribution in [1.82, 2.24) is 4.57 Å². The zero-order valence-corrected chi connectivity index (χ0v) is 29.4. The summed E-state index contributed by atoms with van der Waals surface area (Å²) in [6.45, 7) is 4.47. The molecule has 8 aromatic carbocycles. The second-order valence-corrected chi connectivity index (χ2v) is 13.5. The van der Waals surface area contributed by atoms with Gasteiger partial charge >= 0.3 is 0 Å². The number of para-hydroxylation sites is 2. The topological polar surface area (TPSA) is 8.17 Å². The zero-order valence-electron chi connectivity index (χ0n) is 29.4. The van der Waals surface area contributed by atoms with Gasteiger partial charge in [0.15, 0.2) is 0 Å². The van der Waals surface area contributed by atoms with E-state index in [2.05, 4.69) is 217 Å². The highest BCUT2D eigenvalue weighted by Gasteiger charge is 2.18. The molecule has 0 atom stereocenters. The standard InChI is InChI=1S/C50H38N2/c1-35-31-43(27-29-45(35)46-30-28-44(32-36(46)2)52-49-25-11-9-23-47(49)48-24-10-12-26-50(48)52)51(41-21-13-19-39(33-41)37-15-5-3-6-16-37)42-22-14-20-40(34-42)38-17-7-4-8-18-38/h3-34H,1-2H3. The summed E-state index contributed by atoms with van der Waals surface area (Å²) in [5.41, 5.74) is 16.7. The van der Waals surface area contributed by atoms with E-state index in [9.17, 15) is 0 Å². The molecule has 0 aliphatic rings. The van der Waals surface area contributed by atoms with Crippen LogP contribution >= 0.6 is 0 Å². The van der Waals surface area contributed by atoms with Gasteiger partial charge in [-0.05, 0) is 119 Å². The Hall–Kier alpha value is -6.64. The van der Waals surface area contributed by atoms with Crippen LogP contribution in [0.4, 0.5) is 17.1 Å². The van der Waals surface area contributed by atoms with Crippen molar-refractivity contribution >= 4 is 38.9 Å². The second-order valence-electron chi connectivity index (χ2n) is 13.5. The number of nitrogens with zero attached hydrogens (tertiary/aromatic N) is 2. The first kappa shape index (κ1) is 31.3. The molecule has 2 nitrogen and oxygen atoms in total. The van der Waals surface area contributed by atoms with E-state index < -0.39 is 0 Å². The van der Waals surface area contributed by atoms with Gasteiger partial charge in [0.05, 0.1) is 11.0 Å². The molecule has 0 aliphatic carbocycles. The normalized spacial score (nSPS) is 11.3. The molecule has 0 fully saturated rings. The number of aryl methyl sites for hydroxylation is 2. The fourth-order valence-electron chi connectivity index (χ4n) is 7.74. The molecule has 0 spiro atoms. The number of fused-ring (bicyclic) bond motifs is 3. The average Bonchev–Trinajstić information content (AvgIpc) is 3.54.